The lowest BCUT2D eigenvalue weighted by atomic mass is 9.99. The molecule has 0 aliphatic carbocycles. The number of ether oxygens (including phenoxy) is 1. The van der Waals surface area contributed by atoms with Crippen LogP contribution in [0.4, 0.5) is 0 Å². The summed E-state index contributed by atoms with van der Waals surface area (Å²) in [6.45, 7) is 5.46. The molecular weight excluding hydrogens is 280 g/mol. The molecule has 0 radical (unpaired) electrons. The van der Waals surface area contributed by atoms with E-state index in [1.54, 1.807) is 25.1 Å². The molecule has 0 aliphatic rings. The molecule has 0 atom stereocenters. The Morgan fingerprint density at radius 2 is 1.82 bits per heavy atom. The van der Waals surface area contributed by atoms with Crippen molar-refractivity contribution in [3.05, 3.63) is 64.2 Å². The Labute approximate surface area is 129 Å². The van der Waals surface area contributed by atoms with Crippen molar-refractivity contribution in [3.8, 4) is 5.75 Å². The van der Waals surface area contributed by atoms with Crippen molar-refractivity contribution in [2.75, 3.05) is 0 Å². The molecule has 4 nitrogen and oxygen atoms in total. The van der Waals surface area contributed by atoms with Crippen molar-refractivity contribution in [1.82, 2.24) is 0 Å². The molecule has 0 aromatic heterocycles. The van der Waals surface area contributed by atoms with Crippen LogP contribution in [0.5, 0.6) is 5.75 Å². The highest BCUT2D eigenvalue weighted by molar-refractivity contribution is 6.03. The Morgan fingerprint density at radius 3 is 2.45 bits per heavy atom. The zero-order valence-corrected chi connectivity index (χ0v) is 12.8. The van der Waals surface area contributed by atoms with Crippen LogP contribution in [-0.2, 0) is 11.2 Å². The third kappa shape index (κ3) is 3.17. The quantitative estimate of drug-likeness (QED) is 0.695. The lowest BCUT2D eigenvalue weighted by Gasteiger charge is -2.11. The van der Waals surface area contributed by atoms with E-state index in [9.17, 15) is 14.7 Å². The molecule has 0 bridgehead atoms. The number of hydrogen-bond donors (Lipinski definition) is 1. The van der Waals surface area contributed by atoms with Crippen molar-refractivity contribution in [3.63, 3.8) is 0 Å². The van der Waals surface area contributed by atoms with E-state index >= 15 is 0 Å². The van der Waals surface area contributed by atoms with Crippen LogP contribution in [0.1, 0.15) is 44.3 Å². The second-order valence-corrected chi connectivity index (χ2v) is 5.14. The molecule has 0 spiro atoms. The Bertz CT molecular complexity index is 732. The van der Waals surface area contributed by atoms with E-state index in [1.165, 1.54) is 12.1 Å². The first-order valence-corrected chi connectivity index (χ1v) is 7.08. The molecule has 0 fully saturated rings. The summed E-state index contributed by atoms with van der Waals surface area (Å²) >= 11 is 0. The van der Waals surface area contributed by atoms with E-state index in [2.05, 4.69) is 0 Å². The Balaban J connectivity index is 2.26. The fraction of sp³-hybridized carbons (Fsp3) is 0.222. The van der Waals surface area contributed by atoms with Crippen molar-refractivity contribution < 1.29 is 19.4 Å². The normalized spacial score (nSPS) is 10.3. The molecule has 2 aromatic rings. The Morgan fingerprint density at radius 1 is 1.09 bits per heavy atom. The summed E-state index contributed by atoms with van der Waals surface area (Å²) in [4.78, 5) is 24.3. The highest BCUT2D eigenvalue weighted by Crippen LogP contribution is 2.25. The predicted octanol–water partition coefficient (Wildman–Crippen LogP) is 3.57. The molecule has 1 N–H and O–H groups in total. The maximum Gasteiger partial charge on any atom is 0.346 e. The fourth-order valence-corrected chi connectivity index (χ4v) is 2.36. The monoisotopic (exact) mass is 298 g/mol. The topological polar surface area (TPSA) is 63.6 Å². The van der Waals surface area contributed by atoms with Gasteiger partial charge in [-0.05, 0) is 55.7 Å². The van der Waals surface area contributed by atoms with Crippen LogP contribution in [-0.4, -0.2) is 17.0 Å². The van der Waals surface area contributed by atoms with Gasteiger partial charge < -0.3 is 9.84 Å². The summed E-state index contributed by atoms with van der Waals surface area (Å²) in [7, 11) is 0. The summed E-state index contributed by atoms with van der Waals surface area (Å²) in [5, 5.41) is 9.71. The predicted molar refractivity (Wildman–Crippen MR) is 83.1 cm³/mol. The molecule has 22 heavy (non-hydrogen) atoms. The van der Waals surface area contributed by atoms with Crippen molar-refractivity contribution in [2.24, 2.45) is 0 Å². The van der Waals surface area contributed by atoms with Gasteiger partial charge in [0.15, 0.2) is 0 Å². The second kappa shape index (κ2) is 6.43. The summed E-state index contributed by atoms with van der Waals surface area (Å²) in [6, 6.07) is 9.77. The molecule has 4 heteroatoms. The van der Waals surface area contributed by atoms with Crippen LogP contribution in [0.25, 0.3) is 0 Å². The van der Waals surface area contributed by atoms with Gasteiger partial charge in [0, 0.05) is 0 Å². The minimum absolute atomic E-state index is 0.124. The highest BCUT2D eigenvalue weighted by atomic mass is 16.6. The van der Waals surface area contributed by atoms with Gasteiger partial charge in [-0.2, -0.15) is 0 Å². The lowest BCUT2D eigenvalue weighted by Crippen LogP contribution is -2.15. The minimum atomic E-state index is -0.702. The van der Waals surface area contributed by atoms with Gasteiger partial charge in [0.2, 0.25) is 0 Å². The van der Waals surface area contributed by atoms with Crippen molar-refractivity contribution in [1.29, 1.82) is 0 Å². The SMILES string of the molecule is CCc1c(C(=O)OC(=O)c2cccc(C)c2)ccc(O)c1C. The number of benzene rings is 2. The molecule has 0 amide bonds. The zero-order chi connectivity index (χ0) is 16.3. The first-order chi connectivity index (χ1) is 10.4. The first-order valence-electron chi connectivity index (χ1n) is 7.08. The number of carbonyl (C=O) groups is 2. The van der Waals surface area contributed by atoms with Gasteiger partial charge in [0.1, 0.15) is 5.75 Å². The van der Waals surface area contributed by atoms with E-state index in [1.807, 2.05) is 19.9 Å². The summed E-state index contributed by atoms with van der Waals surface area (Å²) in [6.07, 6.45) is 0.559. The van der Waals surface area contributed by atoms with Gasteiger partial charge in [0.05, 0.1) is 11.1 Å². The summed E-state index contributed by atoms with van der Waals surface area (Å²) < 4.78 is 4.96. The lowest BCUT2D eigenvalue weighted by molar-refractivity contribution is 0.0397. The fourth-order valence-electron chi connectivity index (χ4n) is 2.36. The van der Waals surface area contributed by atoms with Gasteiger partial charge in [-0.3, -0.25) is 0 Å². The molecule has 0 saturated carbocycles. The average Bonchev–Trinajstić information content (AvgIpc) is 2.49. The molecule has 0 heterocycles. The number of esters is 2. The van der Waals surface area contributed by atoms with Crippen LogP contribution < -0.4 is 0 Å². The number of aromatic hydroxyl groups is 1. The van der Waals surface area contributed by atoms with Crippen LogP contribution in [0.15, 0.2) is 36.4 Å². The van der Waals surface area contributed by atoms with E-state index < -0.39 is 11.9 Å². The molecule has 0 unspecified atom stereocenters. The van der Waals surface area contributed by atoms with Gasteiger partial charge in [-0.25, -0.2) is 9.59 Å². The van der Waals surface area contributed by atoms with E-state index in [0.717, 1.165) is 5.56 Å². The molecular formula is C18H18O4. The van der Waals surface area contributed by atoms with E-state index in [4.69, 9.17) is 4.74 Å². The second-order valence-electron chi connectivity index (χ2n) is 5.14. The van der Waals surface area contributed by atoms with Crippen LogP contribution >= 0.6 is 0 Å². The highest BCUT2D eigenvalue weighted by Gasteiger charge is 2.19. The van der Waals surface area contributed by atoms with E-state index in [-0.39, 0.29) is 5.75 Å². The Kier molecular flexibility index (Phi) is 4.61. The number of carbonyl (C=O) groups excluding carboxylic acids is 2. The van der Waals surface area contributed by atoms with Crippen LogP contribution in [0, 0.1) is 13.8 Å². The molecule has 114 valence electrons. The average molecular weight is 298 g/mol. The molecule has 2 aromatic carbocycles. The van der Waals surface area contributed by atoms with Gasteiger partial charge >= 0.3 is 11.9 Å². The van der Waals surface area contributed by atoms with E-state index in [0.29, 0.717) is 28.7 Å². The van der Waals surface area contributed by atoms with Crippen LogP contribution in [0.3, 0.4) is 0 Å². The van der Waals surface area contributed by atoms with Gasteiger partial charge in [-0.15, -0.1) is 0 Å². The number of aryl methyl sites for hydroxylation is 1. The Hall–Kier alpha value is -2.62. The first kappa shape index (κ1) is 15.8. The van der Waals surface area contributed by atoms with Gasteiger partial charge in [0.25, 0.3) is 0 Å². The number of phenolic OH excluding ortho intramolecular Hbond substituents is 1. The third-order valence-electron chi connectivity index (χ3n) is 3.58. The maximum atomic E-state index is 12.2. The summed E-state index contributed by atoms with van der Waals surface area (Å²) in [5.74, 6) is -1.26. The third-order valence-corrected chi connectivity index (χ3v) is 3.58. The number of rotatable bonds is 3. The number of phenols is 1. The minimum Gasteiger partial charge on any atom is -0.508 e. The number of hydrogen-bond acceptors (Lipinski definition) is 4. The molecule has 2 rings (SSSR count). The standard InChI is InChI=1S/C18H18O4/c1-4-14-12(3)16(19)9-8-15(14)18(21)22-17(20)13-7-5-6-11(2)10-13/h5-10,19H,4H2,1-3H3. The van der Waals surface area contributed by atoms with Crippen molar-refractivity contribution >= 4 is 11.9 Å². The van der Waals surface area contributed by atoms with Crippen molar-refractivity contribution in [2.45, 2.75) is 27.2 Å². The maximum absolute atomic E-state index is 12.2. The molecule has 0 aliphatic heterocycles. The van der Waals surface area contributed by atoms with Crippen LogP contribution in [0.2, 0.25) is 0 Å². The molecule has 0 saturated heterocycles. The summed E-state index contributed by atoms with van der Waals surface area (Å²) in [5.41, 5.74) is 2.86. The largest absolute Gasteiger partial charge is 0.508 e. The zero-order valence-electron chi connectivity index (χ0n) is 12.8. The van der Waals surface area contributed by atoms with Gasteiger partial charge in [-0.1, -0.05) is 24.6 Å². The smallest absolute Gasteiger partial charge is 0.346 e.